The van der Waals surface area contributed by atoms with E-state index in [2.05, 4.69) is 5.32 Å². The summed E-state index contributed by atoms with van der Waals surface area (Å²) in [5.74, 6) is 1.16. The van der Waals surface area contributed by atoms with E-state index < -0.39 is 6.04 Å². The fourth-order valence-electron chi connectivity index (χ4n) is 4.48. The van der Waals surface area contributed by atoms with E-state index in [0.29, 0.717) is 18.7 Å². The third kappa shape index (κ3) is 6.99. The molecule has 2 aromatic carbocycles. The lowest BCUT2D eigenvalue weighted by Gasteiger charge is -2.32. The Morgan fingerprint density at radius 1 is 1.06 bits per heavy atom. The van der Waals surface area contributed by atoms with Crippen LogP contribution in [0.1, 0.15) is 62.1 Å². The lowest BCUT2D eigenvalue weighted by Crippen LogP contribution is -2.52. The summed E-state index contributed by atoms with van der Waals surface area (Å²) in [7, 11) is 1.62. The zero-order valence-electron chi connectivity index (χ0n) is 20.9. The number of carbonyl (C=O) groups excluding carboxylic acids is 2. The normalized spacial score (nSPS) is 14.8. The van der Waals surface area contributed by atoms with Gasteiger partial charge in [0.15, 0.2) is 6.61 Å². The molecule has 184 valence electrons. The van der Waals surface area contributed by atoms with Crippen LogP contribution in [0.3, 0.4) is 0 Å². The predicted molar refractivity (Wildman–Crippen MR) is 134 cm³/mol. The van der Waals surface area contributed by atoms with E-state index in [1.54, 1.807) is 12.0 Å². The quantitative estimate of drug-likeness (QED) is 0.538. The van der Waals surface area contributed by atoms with Crippen LogP contribution >= 0.6 is 0 Å². The second-order valence-electron chi connectivity index (χ2n) is 9.19. The van der Waals surface area contributed by atoms with Crippen LogP contribution < -0.4 is 14.8 Å². The first-order valence-electron chi connectivity index (χ1n) is 12.3. The first kappa shape index (κ1) is 25.6. The van der Waals surface area contributed by atoms with Crippen molar-refractivity contribution in [1.82, 2.24) is 10.2 Å². The molecule has 0 aliphatic heterocycles. The number of hydrogen-bond donors (Lipinski definition) is 1. The molecule has 6 heteroatoms. The van der Waals surface area contributed by atoms with Gasteiger partial charge in [-0.25, -0.2) is 0 Å². The van der Waals surface area contributed by atoms with Crippen molar-refractivity contribution in [3.8, 4) is 11.5 Å². The van der Waals surface area contributed by atoms with Crippen LogP contribution in [0, 0.1) is 13.8 Å². The number of aryl methyl sites for hydroxylation is 2. The molecule has 3 rings (SSSR count). The molecule has 1 fully saturated rings. The van der Waals surface area contributed by atoms with Gasteiger partial charge in [0.25, 0.3) is 5.91 Å². The summed E-state index contributed by atoms with van der Waals surface area (Å²) in [5.41, 5.74) is 2.98. The molecule has 0 unspecified atom stereocenters. The molecule has 0 spiro atoms. The molecule has 0 radical (unpaired) electrons. The van der Waals surface area contributed by atoms with Gasteiger partial charge < -0.3 is 19.7 Å². The SMILES string of the molecule is CC[C@@H](C(=O)NC1CCCCC1)N(Cc1ccc(OC)cc1)C(=O)COc1cc(C)ccc1C. The first-order chi connectivity index (χ1) is 16.4. The highest BCUT2D eigenvalue weighted by Crippen LogP contribution is 2.22. The molecule has 0 bridgehead atoms. The summed E-state index contributed by atoms with van der Waals surface area (Å²) < 4.78 is 11.2. The smallest absolute Gasteiger partial charge is 0.261 e. The van der Waals surface area contributed by atoms with Crippen molar-refractivity contribution in [3.05, 3.63) is 59.2 Å². The minimum atomic E-state index is -0.557. The molecule has 34 heavy (non-hydrogen) atoms. The lowest BCUT2D eigenvalue weighted by atomic mass is 9.95. The van der Waals surface area contributed by atoms with E-state index >= 15 is 0 Å². The van der Waals surface area contributed by atoms with E-state index in [1.807, 2.05) is 63.2 Å². The minimum Gasteiger partial charge on any atom is -0.497 e. The molecule has 2 amide bonds. The second-order valence-corrected chi connectivity index (χ2v) is 9.19. The van der Waals surface area contributed by atoms with Crippen molar-refractivity contribution in [1.29, 1.82) is 0 Å². The number of nitrogens with zero attached hydrogens (tertiary/aromatic N) is 1. The summed E-state index contributed by atoms with van der Waals surface area (Å²) in [6.45, 7) is 6.11. The molecule has 0 aromatic heterocycles. The third-order valence-electron chi connectivity index (χ3n) is 6.54. The number of methoxy groups -OCH3 is 1. The fourth-order valence-corrected chi connectivity index (χ4v) is 4.48. The summed E-state index contributed by atoms with van der Waals surface area (Å²) >= 11 is 0. The Bertz CT molecular complexity index is 951. The molecular weight excluding hydrogens is 428 g/mol. The maximum absolute atomic E-state index is 13.4. The van der Waals surface area contributed by atoms with Crippen LogP contribution in [0.2, 0.25) is 0 Å². The monoisotopic (exact) mass is 466 g/mol. The molecule has 1 aliphatic carbocycles. The van der Waals surface area contributed by atoms with Crippen molar-refractivity contribution in [2.45, 2.75) is 77.9 Å². The number of amides is 2. The molecule has 1 saturated carbocycles. The van der Waals surface area contributed by atoms with Crippen LogP contribution in [0.25, 0.3) is 0 Å². The van der Waals surface area contributed by atoms with E-state index in [4.69, 9.17) is 9.47 Å². The Balaban J connectivity index is 1.77. The van der Waals surface area contributed by atoms with Crippen LogP contribution in [0.5, 0.6) is 11.5 Å². The fraction of sp³-hybridized carbons (Fsp3) is 0.500. The van der Waals surface area contributed by atoms with Gasteiger partial charge in [-0.05, 0) is 68.0 Å². The summed E-state index contributed by atoms with van der Waals surface area (Å²) in [4.78, 5) is 28.4. The number of ether oxygens (including phenoxy) is 2. The Morgan fingerprint density at radius 3 is 2.41 bits per heavy atom. The van der Waals surface area contributed by atoms with E-state index in [1.165, 1.54) is 6.42 Å². The largest absolute Gasteiger partial charge is 0.497 e. The average Bonchev–Trinajstić information content (AvgIpc) is 2.85. The minimum absolute atomic E-state index is 0.0806. The number of hydrogen-bond acceptors (Lipinski definition) is 4. The standard InChI is InChI=1S/C28H38N2O4/c1-5-25(28(32)29-23-9-7-6-8-10-23)30(18-22-13-15-24(33-4)16-14-22)27(31)19-34-26-17-20(2)11-12-21(26)3/h11-17,23,25H,5-10,18-19H2,1-4H3,(H,29,32)/t25-/m0/s1. The van der Waals surface area contributed by atoms with Crippen molar-refractivity contribution in [2.75, 3.05) is 13.7 Å². The Labute approximate surface area is 203 Å². The van der Waals surface area contributed by atoms with Gasteiger partial charge in [0.1, 0.15) is 17.5 Å². The summed E-state index contributed by atoms with van der Waals surface area (Å²) in [5, 5.41) is 3.21. The Kier molecular flexibility index (Phi) is 9.37. The van der Waals surface area contributed by atoms with Gasteiger partial charge in [-0.15, -0.1) is 0 Å². The molecule has 1 atom stereocenters. The van der Waals surface area contributed by atoms with Gasteiger partial charge in [0.05, 0.1) is 7.11 Å². The maximum atomic E-state index is 13.4. The number of benzene rings is 2. The second kappa shape index (κ2) is 12.4. The highest BCUT2D eigenvalue weighted by atomic mass is 16.5. The van der Waals surface area contributed by atoms with Crippen molar-refractivity contribution >= 4 is 11.8 Å². The van der Waals surface area contributed by atoms with Gasteiger partial charge in [-0.3, -0.25) is 9.59 Å². The molecule has 0 heterocycles. The number of carbonyl (C=O) groups is 2. The Hall–Kier alpha value is -3.02. The van der Waals surface area contributed by atoms with Gasteiger partial charge in [-0.2, -0.15) is 0 Å². The van der Waals surface area contributed by atoms with Crippen molar-refractivity contribution < 1.29 is 19.1 Å². The van der Waals surface area contributed by atoms with Crippen molar-refractivity contribution in [3.63, 3.8) is 0 Å². The van der Waals surface area contributed by atoms with Gasteiger partial charge in [-0.1, -0.05) is 50.5 Å². The summed E-state index contributed by atoms with van der Waals surface area (Å²) in [6, 6.07) is 13.2. The van der Waals surface area contributed by atoms with Crippen LogP contribution in [-0.2, 0) is 16.1 Å². The van der Waals surface area contributed by atoms with Gasteiger partial charge in [0.2, 0.25) is 5.91 Å². The Morgan fingerprint density at radius 2 is 1.76 bits per heavy atom. The van der Waals surface area contributed by atoms with Crippen LogP contribution in [0.15, 0.2) is 42.5 Å². The summed E-state index contributed by atoms with van der Waals surface area (Å²) in [6.07, 6.45) is 6.04. The van der Waals surface area contributed by atoms with E-state index in [9.17, 15) is 9.59 Å². The van der Waals surface area contributed by atoms with Crippen LogP contribution in [0.4, 0.5) is 0 Å². The molecule has 6 nitrogen and oxygen atoms in total. The topological polar surface area (TPSA) is 67.9 Å². The van der Waals surface area contributed by atoms with Gasteiger partial charge in [0, 0.05) is 12.6 Å². The first-order valence-corrected chi connectivity index (χ1v) is 12.3. The zero-order chi connectivity index (χ0) is 24.5. The number of rotatable bonds is 10. The molecule has 2 aromatic rings. The predicted octanol–water partition coefficient (Wildman–Crippen LogP) is 4.95. The van der Waals surface area contributed by atoms with E-state index in [-0.39, 0.29) is 24.5 Å². The molecular formula is C28H38N2O4. The highest BCUT2D eigenvalue weighted by molar-refractivity contribution is 5.88. The zero-order valence-corrected chi connectivity index (χ0v) is 20.9. The van der Waals surface area contributed by atoms with E-state index in [0.717, 1.165) is 48.1 Å². The van der Waals surface area contributed by atoms with Crippen LogP contribution in [-0.4, -0.2) is 42.5 Å². The third-order valence-corrected chi connectivity index (χ3v) is 6.54. The maximum Gasteiger partial charge on any atom is 0.261 e. The molecule has 1 aliphatic rings. The average molecular weight is 467 g/mol. The lowest BCUT2D eigenvalue weighted by molar-refractivity contribution is -0.143. The molecule has 1 N–H and O–H groups in total. The highest BCUT2D eigenvalue weighted by Gasteiger charge is 2.30. The van der Waals surface area contributed by atoms with Gasteiger partial charge >= 0.3 is 0 Å². The number of nitrogens with one attached hydrogen (secondary N) is 1. The molecule has 0 saturated heterocycles. The van der Waals surface area contributed by atoms with Crippen molar-refractivity contribution in [2.24, 2.45) is 0 Å².